The van der Waals surface area contributed by atoms with Crippen LogP contribution in [0.4, 0.5) is 15.8 Å². The molecule has 5 nitrogen and oxygen atoms in total. The SMILES string of the molecule is CN1CCCN(C(=O)COCC2CCCO2)c2cc(F)ccc21. The summed E-state index contributed by atoms with van der Waals surface area (Å²) in [6, 6.07) is 4.58. The Morgan fingerprint density at radius 1 is 1.35 bits per heavy atom. The second-order valence-corrected chi connectivity index (χ2v) is 6.10. The van der Waals surface area contributed by atoms with Crippen LogP contribution in [0, 0.1) is 5.82 Å². The summed E-state index contributed by atoms with van der Waals surface area (Å²) in [6.07, 6.45) is 2.97. The van der Waals surface area contributed by atoms with Gasteiger partial charge in [0.15, 0.2) is 0 Å². The summed E-state index contributed by atoms with van der Waals surface area (Å²) in [6.45, 7) is 2.62. The molecule has 2 aliphatic rings. The lowest BCUT2D eigenvalue weighted by Gasteiger charge is -2.24. The molecule has 6 heteroatoms. The van der Waals surface area contributed by atoms with Gasteiger partial charge in [-0.05, 0) is 37.5 Å². The molecule has 1 atom stereocenters. The number of anilines is 2. The van der Waals surface area contributed by atoms with Gasteiger partial charge in [-0.25, -0.2) is 4.39 Å². The van der Waals surface area contributed by atoms with E-state index in [9.17, 15) is 9.18 Å². The molecule has 1 aromatic rings. The van der Waals surface area contributed by atoms with Crippen LogP contribution in [-0.4, -0.2) is 52.0 Å². The van der Waals surface area contributed by atoms with Crippen LogP contribution in [0.3, 0.4) is 0 Å². The second kappa shape index (κ2) is 7.27. The van der Waals surface area contributed by atoms with Gasteiger partial charge in [0, 0.05) is 26.7 Å². The van der Waals surface area contributed by atoms with Gasteiger partial charge in [0.1, 0.15) is 12.4 Å². The summed E-state index contributed by atoms with van der Waals surface area (Å²) in [7, 11) is 1.96. The average Bonchev–Trinajstić information content (AvgIpc) is 2.98. The Hall–Kier alpha value is -1.66. The quantitative estimate of drug-likeness (QED) is 0.852. The minimum absolute atomic E-state index is 0.000469. The fraction of sp³-hybridized carbons (Fsp3) is 0.588. The number of hydrogen-bond acceptors (Lipinski definition) is 4. The van der Waals surface area contributed by atoms with Crippen LogP contribution in [0.5, 0.6) is 0 Å². The highest BCUT2D eigenvalue weighted by atomic mass is 19.1. The van der Waals surface area contributed by atoms with Crippen LogP contribution in [0.25, 0.3) is 0 Å². The van der Waals surface area contributed by atoms with Gasteiger partial charge < -0.3 is 19.3 Å². The van der Waals surface area contributed by atoms with Crippen LogP contribution < -0.4 is 9.80 Å². The molecule has 0 radical (unpaired) electrons. The van der Waals surface area contributed by atoms with E-state index in [1.807, 2.05) is 7.05 Å². The van der Waals surface area contributed by atoms with Gasteiger partial charge in [0.2, 0.25) is 0 Å². The number of nitrogens with zero attached hydrogens (tertiary/aromatic N) is 2. The Morgan fingerprint density at radius 2 is 2.22 bits per heavy atom. The van der Waals surface area contributed by atoms with Gasteiger partial charge in [-0.3, -0.25) is 4.79 Å². The molecular weight excluding hydrogens is 299 g/mol. The average molecular weight is 322 g/mol. The molecule has 1 aromatic carbocycles. The maximum absolute atomic E-state index is 13.6. The Kier molecular flexibility index (Phi) is 5.13. The minimum Gasteiger partial charge on any atom is -0.376 e. The van der Waals surface area contributed by atoms with Gasteiger partial charge in [-0.15, -0.1) is 0 Å². The molecule has 1 unspecified atom stereocenters. The fourth-order valence-corrected chi connectivity index (χ4v) is 3.13. The first kappa shape index (κ1) is 16.2. The van der Waals surface area contributed by atoms with Crippen molar-refractivity contribution >= 4 is 17.3 Å². The molecule has 1 saturated heterocycles. The zero-order valence-electron chi connectivity index (χ0n) is 13.5. The van der Waals surface area contributed by atoms with E-state index in [0.717, 1.165) is 38.1 Å². The maximum atomic E-state index is 13.6. The molecule has 1 amide bonds. The third-order valence-corrected chi connectivity index (χ3v) is 4.37. The zero-order valence-corrected chi connectivity index (χ0v) is 13.5. The normalized spacial score (nSPS) is 21.2. The third kappa shape index (κ3) is 3.82. The standard InChI is InChI=1S/C17H23FN2O3/c1-19-7-3-8-20(16-10-13(18)5-6-15(16)19)17(21)12-22-11-14-4-2-9-23-14/h5-6,10,14H,2-4,7-9,11-12H2,1H3. The number of hydrogen-bond donors (Lipinski definition) is 0. The molecular formula is C17H23FN2O3. The molecule has 0 N–H and O–H groups in total. The lowest BCUT2D eigenvalue weighted by atomic mass is 10.2. The predicted octanol–water partition coefficient (Wildman–Crippen LogP) is 2.19. The first-order chi connectivity index (χ1) is 11.1. The number of fused-ring (bicyclic) bond motifs is 1. The lowest BCUT2D eigenvalue weighted by molar-refractivity contribution is -0.124. The highest BCUT2D eigenvalue weighted by Crippen LogP contribution is 2.32. The molecule has 0 saturated carbocycles. The number of carbonyl (C=O) groups excluding carboxylic acids is 1. The van der Waals surface area contributed by atoms with Crippen LogP contribution in [0.1, 0.15) is 19.3 Å². The number of halogens is 1. The molecule has 2 aliphatic heterocycles. The molecule has 1 fully saturated rings. The predicted molar refractivity (Wildman–Crippen MR) is 86.4 cm³/mol. The number of rotatable bonds is 4. The van der Waals surface area contributed by atoms with Crippen molar-refractivity contribution in [2.24, 2.45) is 0 Å². The Bertz CT molecular complexity index is 561. The summed E-state index contributed by atoms with van der Waals surface area (Å²) in [5, 5.41) is 0. The van der Waals surface area contributed by atoms with Crippen molar-refractivity contribution in [3.8, 4) is 0 Å². The van der Waals surface area contributed by atoms with Crippen molar-refractivity contribution in [2.45, 2.75) is 25.4 Å². The number of carbonyl (C=O) groups is 1. The van der Waals surface area contributed by atoms with Crippen LogP contribution in [0.15, 0.2) is 18.2 Å². The molecule has 2 heterocycles. The zero-order chi connectivity index (χ0) is 16.2. The molecule has 126 valence electrons. The molecule has 0 spiro atoms. The first-order valence-corrected chi connectivity index (χ1v) is 8.15. The van der Waals surface area contributed by atoms with Crippen molar-refractivity contribution < 1.29 is 18.7 Å². The summed E-state index contributed by atoms with van der Waals surface area (Å²) in [5.41, 5.74) is 1.49. The van der Waals surface area contributed by atoms with Gasteiger partial charge >= 0.3 is 0 Å². The maximum Gasteiger partial charge on any atom is 0.253 e. The van der Waals surface area contributed by atoms with Gasteiger partial charge in [0.05, 0.1) is 24.1 Å². The minimum atomic E-state index is -0.336. The van der Waals surface area contributed by atoms with E-state index in [2.05, 4.69) is 4.90 Å². The van der Waals surface area contributed by atoms with Gasteiger partial charge in [0.25, 0.3) is 5.91 Å². The molecule has 0 aliphatic carbocycles. The lowest BCUT2D eigenvalue weighted by Crippen LogP contribution is -2.35. The van der Waals surface area contributed by atoms with Crippen LogP contribution >= 0.6 is 0 Å². The van der Waals surface area contributed by atoms with Crippen molar-refractivity contribution in [2.75, 3.05) is 49.8 Å². The van der Waals surface area contributed by atoms with Crippen LogP contribution in [0.2, 0.25) is 0 Å². The van der Waals surface area contributed by atoms with E-state index in [0.29, 0.717) is 18.8 Å². The third-order valence-electron chi connectivity index (χ3n) is 4.37. The summed E-state index contributed by atoms with van der Waals surface area (Å²) < 4.78 is 24.6. The van der Waals surface area contributed by atoms with Gasteiger partial charge in [-0.2, -0.15) is 0 Å². The molecule has 3 rings (SSSR count). The van der Waals surface area contributed by atoms with E-state index in [4.69, 9.17) is 9.47 Å². The molecule has 0 aromatic heterocycles. The smallest absolute Gasteiger partial charge is 0.253 e. The highest BCUT2D eigenvalue weighted by Gasteiger charge is 2.24. The van der Waals surface area contributed by atoms with E-state index >= 15 is 0 Å². The van der Waals surface area contributed by atoms with E-state index < -0.39 is 0 Å². The van der Waals surface area contributed by atoms with E-state index in [1.165, 1.54) is 12.1 Å². The largest absolute Gasteiger partial charge is 0.376 e. The number of amides is 1. The molecule has 0 bridgehead atoms. The Labute approximate surface area is 136 Å². The molecule has 23 heavy (non-hydrogen) atoms. The Morgan fingerprint density at radius 3 is 3.00 bits per heavy atom. The number of ether oxygens (including phenoxy) is 2. The van der Waals surface area contributed by atoms with E-state index in [-0.39, 0.29) is 24.4 Å². The van der Waals surface area contributed by atoms with Crippen molar-refractivity contribution in [3.05, 3.63) is 24.0 Å². The summed E-state index contributed by atoms with van der Waals surface area (Å²) in [4.78, 5) is 16.2. The first-order valence-electron chi connectivity index (χ1n) is 8.15. The Balaban J connectivity index is 1.67. The monoisotopic (exact) mass is 322 g/mol. The van der Waals surface area contributed by atoms with Crippen molar-refractivity contribution in [1.29, 1.82) is 0 Å². The van der Waals surface area contributed by atoms with E-state index in [1.54, 1.807) is 11.0 Å². The van der Waals surface area contributed by atoms with Crippen molar-refractivity contribution in [3.63, 3.8) is 0 Å². The topological polar surface area (TPSA) is 42.0 Å². The van der Waals surface area contributed by atoms with Gasteiger partial charge in [-0.1, -0.05) is 0 Å². The highest BCUT2D eigenvalue weighted by molar-refractivity contribution is 5.97. The van der Waals surface area contributed by atoms with Crippen molar-refractivity contribution in [1.82, 2.24) is 0 Å². The number of benzene rings is 1. The summed E-state index contributed by atoms with van der Waals surface area (Å²) in [5.74, 6) is -0.470. The second-order valence-electron chi connectivity index (χ2n) is 6.10. The van der Waals surface area contributed by atoms with Crippen LogP contribution in [-0.2, 0) is 14.3 Å². The summed E-state index contributed by atoms with van der Waals surface area (Å²) >= 11 is 0. The fourth-order valence-electron chi connectivity index (χ4n) is 3.13.